The van der Waals surface area contributed by atoms with Crippen molar-refractivity contribution in [2.24, 2.45) is 0 Å². The number of unbranched alkanes of at least 4 members (excludes halogenated alkanes) is 2. The first kappa shape index (κ1) is 19.4. The van der Waals surface area contributed by atoms with E-state index in [4.69, 9.17) is 4.74 Å². The zero-order valence-corrected chi connectivity index (χ0v) is 16.6. The zero-order valence-electron chi connectivity index (χ0n) is 16.6. The van der Waals surface area contributed by atoms with Crippen molar-refractivity contribution in [3.05, 3.63) is 57.9 Å². The largest absolute Gasteiger partial charge is 0.462 e. The molecule has 144 valence electrons. The lowest BCUT2D eigenvalue weighted by molar-refractivity contribution is -0.139. The van der Waals surface area contributed by atoms with Crippen molar-refractivity contribution in [1.82, 2.24) is 5.32 Å². The molecule has 0 amide bonds. The van der Waals surface area contributed by atoms with Gasteiger partial charge in [0.15, 0.2) is 5.78 Å². The van der Waals surface area contributed by atoms with E-state index in [-0.39, 0.29) is 17.7 Å². The van der Waals surface area contributed by atoms with Crippen LogP contribution in [-0.4, -0.2) is 18.4 Å². The molecule has 0 saturated carbocycles. The van der Waals surface area contributed by atoms with Gasteiger partial charge in [0, 0.05) is 29.3 Å². The Balaban J connectivity index is 1.97. The molecule has 0 aromatic heterocycles. The van der Waals surface area contributed by atoms with Gasteiger partial charge >= 0.3 is 5.97 Å². The number of esters is 1. The van der Waals surface area contributed by atoms with E-state index in [1.54, 1.807) is 0 Å². The topological polar surface area (TPSA) is 55.4 Å². The number of hydrogen-bond donors (Lipinski definition) is 1. The molecule has 0 saturated heterocycles. The molecule has 4 heteroatoms. The molecular weight excluding hydrogens is 338 g/mol. The minimum atomic E-state index is -0.340. The number of carbonyl (C=O) groups excluding carboxylic acids is 2. The third kappa shape index (κ3) is 4.15. The van der Waals surface area contributed by atoms with Crippen molar-refractivity contribution in [3.63, 3.8) is 0 Å². The second-order valence-electron chi connectivity index (χ2n) is 7.52. The molecule has 1 aromatic rings. The molecule has 1 aliphatic carbocycles. The molecule has 1 atom stereocenters. The Morgan fingerprint density at radius 1 is 1.15 bits per heavy atom. The Morgan fingerprint density at radius 2 is 1.89 bits per heavy atom. The second kappa shape index (κ2) is 8.55. The van der Waals surface area contributed by atoms with Crippen LogP contribution in [0.5, 0.6) is 0 Å². The summed E-state index contributed by atoms with van der Waals surface area (Å²) in [6.07, 6.45) is 5.23. The summed E-state index contributed by atoms with van der Waals surface area (Å²) in [7, 11) is 0. The lowest BCUT2D eigenvalue weighted by Gasteiger charge is -2.34. The fourth-order valence-electron chi connectivity index (χ4n) is 3.94. The first-order valence-electron chi connectivity index (χ1n) is 10.0. The molecule has 0 radical (unpaired) electrons. The summed E-state index contributed by atoms with van der Waals surface area (Å²) in [5.41, 5.74) is 5.22. The quantitative estimate of drug-likeness (QED) is 0.585. The monoisotopic (exact) mass is 367 g/mol. The molecule has 0 spiro atoms. The number of nitrogens with one attached hydrogen (secondary N) is 1. The van der Waals surface area contributed by atoms with E-state index in [1.807, 2.05) is 38.1 Å². The van der Waals surface area contributed by atoms with Crippen molar-refractivity contribution >= 4 is 11.8 Å². The van der Waals surface area contributed by atoms with Gasteiger partial charge in [-0.3, -0.25) is 4.79 Å². The number of aryl methyl sites for hydroxylation is 1. The van der Waals surface area contributed by atoms with E-state index in [1.165, 1.54) is 0 Å². The summed E-state index contributed by atoms with van der Waals surface area (Å²) in [5.74, 6) is -0.516. The van der Waals surface area contributed by atoms with Crippen LogP contribution >= 0.6 is 0 Å². The standard InChI is InChI=1S/C23H29NO3/c1-4-5-6-14-27-23(26)20-16(3)24-18-8-7-9-19(25)22(18)21(20)17-12-10-15(2)11-13-17/h10-13,21,24H,4-9,14H2,1-3H3/t21-/m1/s1. The average Bonchev–Trinajstić information content (AvgIpc) is 2.65. The lowest BCUT2D eigenvalue weighted by Crippen LogP contribution is -2.34. The van der Waals surface area contributed by atoms with Gasteiger partial charge in [-0.2, -0.15) is 0 Å². The van der Waals surface area contributed by atoms with Crippen molar-refractivity contribution in [2.45, 2.75) is 65.2 Å². The van der Waals surface area contributed by atoms with Crippen LogP contribution in [0.2, 0.25) is 0 Å². The third-order valence-corrected chi connectivity index (χ3v) is 5.39. The summed E-state index contributed by atoms with van der Waals surface area (Å²) in [4.78, 5) is 25.7. The Morgan fingerprint density at radius 3 is 2.59 bits per heavy atom. The maximum atomic E-state index is 12.9. The third-order valence-electron chi connectivity index (χ3n) is 5.39. The minimum absolute atomic E-state index is 0.137. The van der Waals surface area contributed by atoms with Crippen LogP contribution in [0.15, 0.2) is 46.8 Å². The number of carbonyl (C=O) groups is 2. The van der Waals surface area contributed by atoms with E-state index in [0.717, 1.165) is 60.2 Å². The molecular formula is C23H29NO3. The maximum Gasteiger partial charge on any atom is 0.336 e. The fourth-order valence-corrected chi connectivity index (χ4v) is 3.94. The number of dihydropyridines is 1. The Kier molecular flexibility index (Phi) is 6.15. The number of Topliss-reactive ketones (excluding diaryl/α,β-unsaturated/α-hetero) is 1. The van der Waals surface area contributed by atoms with Crippen LogP contribution in [-0.2, 0) is 14.3 Å². The van der Waals surface area contributed by atoms with Crippen LogP contribution < -0.4 is 5.32 Å². The van der Waals surface area contributed by atoms with Gasteiger partial charge in [0.1, 0.15) is 0 Å². The van der Waals surface area contributed by atoms with E-state index in [9.17, 15) is 9.59 Å². The molecule has 27 heavy (non-hydrogen) atoms. The van der Waals surface area contributed by atoms with E-state index in [0.29, 0.717) is 18.6 Å². The summed E-state index contributed by atoms with van der Waals surface area (Å²) >= 11 is 0. The van der Waals surface area contributed by atoms with Crippen LogP contribution in [0.25, 0.3) is 0 Å². The number of benzene rings is 1. The zero-order chi connectivity index (χ0) is 19.4. The van der Waals surface area contributed by atoms with Crippen LogP contribution in [0.3, 0.4) is 0 Å². The molecule has 1 N–H and O–H groups in total. The SMILES string of the molecule is CCCCCOC(=O)C1=C(C)NC2=C(C(=O)CCC2)[C@@H]1c1ccc(C)cc1. The number of hydrogen-bond acceptors (Lipinski definition) is 4. The predicted octanol–water partition coefficient (Wildman–Crippen LogP) is 4.70. The summed E-state index contributed by atoms with van der Waals surface area (Å²) < 4.78 is 5.57. The maximum absolute atomic E-state index is 12.9. The molecule has 3 rings (SSSR count). The summed E-state index contributed by atoms with van der Waals surface area (Å²) in [6, 6.07) is 8.11. The number of rotatable bonds is 6. The Labute approximate surface area is 161 Å². The Hall–Kier alpha value is -2.36. The number of ketones is 1. The van der Waals surface area contributed by atoms with Gasteiger partial charge in [-0.05, 0) is 38.7 Å². The van der Waals surface area contributed by atoms with E-state index < -0.39 is 0 Å². The van der Waals surface area contributed by atoms with Gasteiger partial charge in [0.25, 0.3) is 0 Å². The molecule has 1 aliphatic heterocycles. The summed E-state index contributed by atoms with van der Waals surface area (Å²) in [6.45, 7) is 6.49. The molecule has 4 nitrogen and oxygen atoms in total. The van der Waals surface area contributed by atoms with Crippen LogP contribution in [0.4, 0.5) is 0 Å². The fraction of sp³-hybridized carbons (Fsp3) is 0.478. The molecule has 0 bridgehead atoms. The molecule has 1 aromatic carbocycles. The van der Waals surface area contributed by atoms with Crippen molar-refractivity contribution in [3.8, 4) is 0 Å². The average molecular weight is 367 g/mol. The predicted molar refractivity (Wildman–Crippen MR) is 106 cm³/mol. The molecule has 2 aliphatic rings. The highest BCUT2D eigenvalue weighted by Gasteiger charge is 2.38. The van der Waals surface area contributed by atoms with Crippen LogP contribution in [0, 0.1) is 6.92 Å². The molecule has 1 heterocycles. The Bertz CT molecular complexity index is 786. The number of ether oxygens (including phenoxy) is 1. The first-order chi connectivity index (χ1) is 13.0. The highest BCUT2D eigenvalue weighted by Crippen LogP contribution is 2.42. The van der Waals surface area contributed by atoms with Gasteiger partial charge in [-0.25, -0.2) is 4.79 Å². The van der Waals surface area contributed by atoms with E-state index in [2.05, 4.69) is 12.2 Å². The second-order valence-corrected chi connectivity index (χ2v) is 7.52. The molecule has 0 unspecified atom stereocenters. The van der Waals surface area contributed by atoms with Gasteiger partial charge in [0.05, 0.1) is 12.2 Å². The highest BCUT2D eigenvalue weighted by atomic mass is 16.5. The van der Waals surface area contributed by atoms with Crippen molar-refractivity contribution in [2.75, 3.05) is 6.61 Å². The number of allylic oxidation sites excluding steroid dienone is 3. The smallest absolute Gasteiger partial charge is 0.336 e. The minimum Gasteiger partial charge on any atom is -0.462 e. The van der Waals surface area contributed by atoms with Gasteiger partial charge < -0.3 is 10.1 Å². The van der Waals surface area contributed by atoms with Crippen molar-refractivity contribution in [1.29, 1.82) is 0 Å². The van der Waals surface area contributed by atoms with Gasteiger partial charge in [-0.1, -0.05) is 49.6 Å². The van der Waals surface area contributed by atoms with E-state index >= 15 is 0 Å². The normalized spacial score (nSPS) is 19.7. The van der Waals surface area contributed by atoms with Crippen LogP contribution in [0.1, 0.15) is 69.4 Å². The van der Waals surface area contributed by atoms with Gasteiger partial charge in [0.2, 0.25) is 0 Å². The molecule has 0 fully saturated rings. The summed E-state index contributed by atoms with van der Waals surface area (Å²) in [5, 5.41) is 3.33. The first-order valence-corrected chi connectivity index (χ1v) is 10.0. The van der Waals surface area contributed by atoms with Crippen molar-refractivity contribution < 1.29 is 14.3 Å². The lowest BCUT2D eigenvalue weighted by atomic mass is 9.75. The van der Waals surface area contributed by atoms with Gasteiger partial charge in [-0.15, -0.1) is 0 Å². The highest BCUT2D eigenvalue weighted by molar-refractivity contribution is 6.03.